The molecule has 2 N–H and O–H groups in total. The topological polar surface area (TPSA) is 106 Å². The van der Waals surface area contributed by atoms with E-state index in [4.69, 9.17) is 9.52 Å². The van der Waals surface area contributed by atoms with Gasteiger partial charge in [0.1, 0.15) is 0 Å². The van der Waals surface area contributed by atoms with Gasteiger partial charge < -0.3 is 9.52 Å². The summed E-state index contributed by atoms with van der Waals surface area (Å²) in [6.45, 7) is 6.09. The smallest absolute Gasteiger partial charge is 0.465 e. The van der Waals surface area contributed by atoms with Crippen LogP contribution >= 0.6 is 0 Å². The predicted octanol–water partition coefficient (Wildman–Crippen LogP) is 3.19. The van der Waals surface area contributed by atoms with Gasteiger partial charge in [-0.1, -0.05) is 32.9 Å². The number of carbonyl (C=O) groups is 1. The first kappa shape index (κ1) is 16.8. The van der Waals surface area contributed by atoms with Crippen LogP contribution in [0.5, 0.6) is 0 Å². The second-order valence-electron chi connectivity index (χ2n) is 6.34. The number of rotatable bonds is 5. The number of nitrogens with zero attached hydrogens (tertiary/aromatic N) is 1. The van der Waals surface area contributed by atoms with E-state index in [2.05, 4.69) is 15.0 Å². The molecule has 0 unspecified atom stereocenters. The lowest BCUT2D eigenvalue weighted by Crippen LogP contribution is -2.17. The molecule has 23 heavy (non-hydrogen) atoms. The number of nitrogens with one attached hydrogen (secondary N) is 1. The van der Waals surface area contributed by atoms with Gasteiger partial charge in [0.05, 0.1) is 0 Å². The zero-order valence-electron chi connectivity index (χ0n) is 13.4. The van der Waals surface area contributed by atoms with Crippen LogP contribution in [-0.4, -0.2) is 16.4 Å². The maximum Gasteiger partial charge on any atom is 0.542 e. The molecule has 7 nitrogen and oxygen atoms in total. The maximum atomic E-state index is 10.9. The number of benzene rings is 1. The van der Waals surface area contributed by atoms with Crippen LogP contribution in [0.2, 0.25) is 0 Å². The molecule has 7 heteroatoms. The zero-order valence-corrected chi connectivity index (χ0v) is 13.4. The fourth-order valence-corrected chi connectivity index (χ4v) is 2.35. The number of aryl methyl sites for hydroxylation is 2. The van der Waals surface area contributed by atoms with E-state index < -0.39 is 11.9 Å². The lowest BCUT2D eigenvalue weighted by molar-refractivity contribution is 0.209. The molecule has 2 aromatic rings. The second-order valence-corrected chi connectivity index (χ2v) is 6.34. The highest BCUT2D eigenvalue weighted by Gasteiger charge is 2.19. The fraction of sp³-hybridized carbons (Fsp3) is 0.438. The summed E-state index contributed by atoms with van der Waals surface area (Å²) < 4.78 is 9.10. The molecule has 1 aromatic heterocycles. The Morgan fingerprint density at radius 2 is 2.04 bits per heavy atom. The predicted molar refractivity (Wildman–Crippen MR) is 83.9 cm³/mol. The van der Waals surface area contributed by atoms with Crippen LogP contribution in [0.15, 0.2) is 31.9 Å². The Morgan fingerprint density at radius 1 is 1.30 bits per heavy atom. The normalized spacial score (nSPS) is 11.4. The Kier molecular flexibility index (Phi) is 4.88. The van der Waals surface area contributed by atoms with Crippen molar-refractivity contribution in [3.63, 3.8) is 0 Å². The van der Waals surface area contributed by atoms with Crippen molar-refractivity contribution in [1.82, 2.24) is 5.16 Å². The Bertz CT molecular complexity index is 739. The van der Waals surface area contributed by atoms with Gasteiger partial charge in [0.15, 0.2) is 0 Å². The molecule has 1 aromatic carbocycles. The molecular formula is C16H20N2O5. The van der Waals surface area contributed by atoms with Crippen LogP contribution in [-0.2, 0) is 18.3 Å². The lowest BCUT2D eigenvalue weighted by Gasteiger charge is -2.23. The average molecular weight is 320 g/mol. The molecule has 0 atom stereocenters. The zero-order chi connectivity index (χ0) is 17.0. The summed E-state index contributed by atoms with van der Waals surface area (Å²) in [5.41, 5.74) is 2.42. The minimum absolute atomic E-state index is 0.188. The minimum Gasteiger partial charge on any atom is -0.465 e. The third-order valence-corrected chi connectivity index (χ3v) is 3.41. The first-order valence-corrected chi connectivity index (χ1v) is 7.35. The summed E-state index contributed by atoms with van der Waals surface area (Å²) in [6, 6.07) is 5.67. The van der Waals surface area contributed by atoms with Gasteiger partial charge in [-0.15, -0.1) is 0 Å². The molecule has 1 amide bonds. The molecule has 1 heterocycles. The lowest BCUT2D eigenvalue weighted by atomic mass is 9.84. The van der Waals surface area contributed by atoms with Crippen molar-refractivity contribution in [2.75, 3.05) is 5.32 Å². The van der Waals surface area contributed by atoms with E-state index in [1.807, 2.05) is 32.9 Å². The van der Waals surface area contributed by atoms with Crippen molar-refractivity contribution in [2.24, 2.45) is 0 Å². The van der Waals surface area contributed by atoms with E-state index in [-0.39, 0.29) is 11.3 Å². The van der Waals surface area contributed by atoms with Gasteiger partial charge in [-0.3, -0.25) is 9.84 Å². The van der Waals surface area contributed by atoms with Crippen molar-refractivity contribution in [3.05, 3.63) is 45.8 Å². The average Bonchev–Trinajstić information content (AvgIpc) is 2.84. The van der Waals surface area contributed by atoms with Crippen LogP contribution in [0.1, 0.15) is 44.2 Å². The molecule has 0 radical (unpaired) electrons. The summed E-state index contributed by atoms with van der Waals surface area (Å²) in [7, 11) is 0. The molecule has 0 saturated carbocycles. The molecule has 0 fully saturated rings. The van der Waals surface area contributed by atoms with Crippen LogP contribution in [0.3, 0.4) is 0 Å². The van der Waals surface area contributed by atoms with E-state index in [0.29, 0.717) is 12.1 Å². The van der Waals surface area contributed by atoms with E-state index in [0.717, 1.165) is 24.0 Å². The largest absolute Gasteiger partial charge is 0.542 e. The number of hydrogen-bond donors (Lipinski definition) is 2. The maximum absolute atomic E-state index is 10.9. The van der Waals surface area contributed by atoms with Crippen molar-refractivity contribution in [1.29, 1.82) is 0 Å². The van der Waals surface area contributed by atoms with Crippen LogP contribution < -0.4 is 11.1 Å². The number of anilines is 1. The molecule has 0 aliphatic carbocycles. The van der Waals surface area contributed by atoms with Gasteiger partial charge in [-0.2, -0.15) is 0 Å². The summed E-state index contributed by atoms with van der Waals surface area (Å²) >= 11 is 0. The third-order valence-electron chi connectivity index (χ3n) is 3.41. The highest BCUT2D eigenvalue weighted by molar-refractivity contribution is 5.84. The first-order chi connectivity index (χ1) is 10.8. The van der Waals surface area contributed by atoms with Crippen LogP contribution in [0, 0.1) is 0 Å². The highest BCUT2D eigenvalue weighted by atomic mass is 16.6. The van der Waals surface area contributed by atoms with Gasteiger partial charge >= 0.3 is 11.9 Å². The van der Waals surface area contributed by atoms with Crippen molar-refractivity contribution >= 4 is 11.8 Å². The molecule has 2 rings (SSSR count). The van der Waals surface area contributed by atoms with E-state index >= 15 is 0 Å². The Hall–Kier alpha value is -2.57. The molecule has 0 aliphatic heterocycles. The van der Waals surface area contributed by atoms with E-state index in [9.17, 15) is 9.59 Å². The van der Waals surface area contributed by atoms with Crippen LogP contribution in [0.4, 0.5) is 10.5 Å². The summed E-state index contributed by atoms with van der Waals surface area (Å²) in [5.74, 6) is -0.505. The molecule has 124 valence electrons. The quantitative estimate of drug-likeness (QED) is 0.876. The fourth-order valence-electron chi connectivity index (χ4n) is 2.35. The Balaban J connectivity index is 2.10. The highest BCUT2D eigenvalue weighted by Crippen LogP contribution is 2.31. The van der Waals surface area contributed by atoms with E-state index in [1.54, 1.807) is 6.07 Å². The molecule has 0 bridgehead atoms. The first-order valence-electron chi connectivity index (χ1n) is 7.35. The van der Waals surface area contributed by atoms with Crippen molar-refractivity contribution in [2.45, 2.75) is 45.4 Å². The summed E-state index contributed by atoms with van der Waals surface area (Å²) in [4.78, 5) is 21.7. The third kappa shape index (κ3) is 4.70. The summed E-state index contributed by atoms with van der Waals surface area (Å²) in [5, 5.41) is 14.9. The number of aromatic nitrogens is 1. The van der Waals surface area contributed by atoms with Crippen LogP contribution in [0.25, 0.3) is 0 Å². The van der Waals surface area contributed by atoms with Gasteiger partial charge in [0, 0.05) is 12.1 Å². The number of amides is 1. The van der Waals surface area contributed by atoms with E-state index in [1.165, 1.54) is 0 Å². The molecule has 0 saturated heterocycles. The Labute approximate surface area is 133 Å². The Morgan fingerprint density at radius 3 is 2.61 bits per heavy atom. The summed E-state index contributed by atoms with van der Waals surface area (Å²) in [6.07, 6.45) is 0.924. The van der Waals surface area contributed by atoms with Crippen molar-refractivity contribution < 1.29 is 18.8 Å². The molecular weight excluding hydrogens is 300 g/mol. The number of carboxylic acid groups (broad SMARTS) is 1. The minimum atomic E-state index is -1.08. The molecule has 0 aliphatic rings. The molecule has 0 spiro atoms. The van der Waals surface area contributed by atoms with Gasteiger partial charge in [0.25, 0.3) is 0 Å². The monoisotopic (exact) mass is 320 g/mol. The van der Waals surface area contributed by atoms with Gasteiger partial charge in [-0.05, 0) is 40.6 Å². The van der Waals surface area contributed by atoms with Crippen molar-refractivity contribution in [3.8, 4) is 0 Å². The van der Waals surface area contributed by atoms with Gasteiger partial charge in [-0.25, -0.2) is 9.59 Å². The SMILES string of the molecule is CC(C)(C)c1cc(CCCc2noc(=O)o2)ccc1NC(=O)O. The van der Waals surface area contributed by atoms with Gasteiger partial charge in [0.2, 0.25) is 5.89 Å². The second kappa shape index (κ2) is 6.68. The standard InChI is InChI=1S/C16H20N2O5/c1-16(2,3)11-9-10(7-8-12(11)17-14(19)20)5-4-6-13-18-23-15(21)22-13/h7-9,17H,4-6H2,1-3H3,(H,19,20). The number of hydrogen-bond acceptors (Lipinski definition) is 5.